The molecule has 0 aliphatic carbocycles. The lowest BCUT2D eigenvalue weighted by Gasteiger charge is -2.08. The average Bonchev–Trinajstić information content (AvgIpc) is 2.00. The van der Waals surface area contributed by atoms with E-state index in [0.29, 0.717) is 0 Å². The molecular formula is C7H6ClF3O4S. The van der Waals surface area contributed by atoms with E-state index in [1.165, 1.54) is 0 Å². The second kappa shape index (κ2) is 4.89. The molecule has 1 aromatic carbocycles. The third-order valence-corrected chi connectivity index (χ3v) is 2.22. The van der Waals surface area contributed by atoms with Crippen LogP contribution >= 0.6 is 12.4 Å². The van der Waals surface area contributed by atoms with Crippen LogP contribution in [-0.2, 0) is 10.1 Å². The van der Waals surface area contributed by atoms with Gasteiger partial charge in [0.15, 0.2) is 0 Å². The first-order valence-electron chi connectivity index (χ1n) is 3.52. The normalized spacial score (nSPS) is 11.8. The zero-order valence-corrected chi connectivity index (χ0v) is 9.06. The molecule has 16 heavy (non-hydrogen) atoms. The van der Waals surface area contributed by atoms with Gasteiger partial charge in [0.25, 0.3) is 10.1 Å². The monoisotopic (exact) mass is 278 g/mol. The maximum Gasteiger partial charge on any atom is 0.573 e. The third-order valence-electron chi connectivity index (χ3n) is 1.36. The molecule has 0 amide bonds. The Balaban J connectivity index is 0.00000225. The molecule has 4 nitrogen and oxygen atoms in total. The number of halogens is 4. The van der Waals surface area contributed by atoms with Crippen molar-refractivity contribution in [2.45, 2.75) is 11.3 Å². The maximum atomic E-state index is 11.7. The Labute approximate surface area is 95.2 Å². The van der Waals surface area contributed by atoms with Crippen LogP contribution in [0.4, 0.5) is 13.2 Å². The van der Waals surface area contributed by atoms with E-state index in [1.807, 2.05) is 0 Å². The summed E-state index contributed by atoms with van der Waals surface area (Å²) in [7, 11) is -4.40. The Hall–Kier alpha value is -0.990. The van der Waals surface area contributed by atoms with Crippen molar-refractivity contribution in [2.24, 2.45) is 0 Å². The summed E-state index contributed by atoms with van der Waals surface area (Å²) in [6.45, 7) is 0. The van der Waals surface area contributed by atoms with Crippen LogP contribution in [-0.4, -0.2) is 19.3 Å². The molecule has 9 heteroatoms. The lowest BCUT2D eigenvalue weighted by molar-refractivity contribution is -0.274. The molecule has 0 saturated carbocycles. The summed E-state index contributed by atoms with van der Waals surface area (Å²) in [5.41, 5.74) is 0. The molecule has 0 spiro atoms. The highest BCUT2D eigenvalue weighted by Crippen LogP contribution is 2.23. The van der Waals surface area contributed by atoms with Gasteiger partial charge in [-0.15, -0.1) is 25.6 Å². The van der Waals surface area contributed by atoms with Gasteiger partial charge in [0.2, 0.25) is 0 Å². The minimum atomic E-state index is -4.83. The molecule has 0 unspecified atom stereocenters. The van der Waals surface area contributed by atoms with E-state index < -0.39 is 27.1 Å². The molecule has 0 bridgehead atoms. The highest BCUT2D eigenvalue weighted by atomic mass is 35.5. The Bertz CT molecular complexity index is 440. The van der Waals surface area contributed by atoms with Crippen molar-refractivity contribution in [3.63, 3.8) is 0 Å². The zero-order chi connectivity index (χ0) is 11.7. The summed E-state index contributed by atoms with van der Waals surface area (Å²) in [5.74, 6) is -0.560. The number of benzene rings is 1. The molecule has 0 fully saturated rings. The number of hydrogen-bond acceptors (Lipinski definition) is 3. The lowest BCUT2D eigenvalue weighted by atomic mass is 10.3. The van der Waals surface area contributed by atoms with Gasteiger partial charge in [0, 0.05) is 0 Å². The van der Waals surface area contributed by atoms with Gasteiger partial charge in [0.1, 0.15) is 5.75 Å². The quantitative estimate of drug-likeness (QED) is 0.843. The van der Waals surface area contributed by atoms with Crippen molar-refractivity contribution >= 4 is 22.5 Å². The van der Waals surface area contributed by atoms with Crippen LogP contribution in [0, 0.1) is 0 Å². The van der Waals surface area contributed by atoms with E-state index in [1.54, 1.807) is 0 Å². The fraction of sp³-hybridized carbons (Fsp3) is 0.143. The Kier molecular flexibility index (Phi) is 4.59. The minimum absolute atomic E-state index is 0. The van der Waals surface area contributed by atoms with Gasteiger partial charge < -0.3 is 4.74 Å². The summed E-state index contributed by atoms with van der Waals surface area (Å²) in [6, 6.07) is 3.18. The fourth-order valence-electron chi connectivity index (χ4n) is 0.813. The van der Waals surface area contributed by atoms with E-state index >= 15 is 0 Å². The summed E-state index contributed by atoms with van der Waals surface area (Å²) >= 11 is 0. The third kappa shape index (κ3) is 4.69. The average molecular weight is 279 g/mol. The zero-order valence-electron chi connectivity index (χ0n) is 7.43. The fourth-order valence-corrected chi connectivity index (χ4v) is 1.29. The van der Waals surface area contributed by atoms with Crippen LogP contribution in [0.2, 0.25) is 0 Å². The van der Waals surface area contributed by atoms with Gasteiger partial charge in [-0.05, 0) is 24.3 Å². The molecule has 0 atom stereocenters. The predicted octanol–water partition coefficient (Wildman–Crippen LogP) is 2.25. The largest absolute Gasteiger partial charge is 0.573 e. The molecule has 0 aliphatic rings. The van der Waals surface area contributed by atoms with E-state index in [-0.39, 0.29) is 12.4 Å². The van der Waals surface area contributed by atoms with Crippen molar-refractivity contribution in [1.29, 1.82) is 0 Å². The van der Waals surface area contributed by atoms with Crippen LogP contribution in [0.5, 0.6) is 5.75 Å². The first-order valence-corrected chi connectivity index (χ1v) is 4.96. The summed E-state index contributed by atoms with van der Waals surface area (Å²) in [4.78, 5) is -0.503. The molecule has 0 heterocycles. The van der Waals surface area contributed by atoms with Gasteiger partial charge in [-0.25, -0.2) is 0 Å². The summed E-state index contributed by atoms with van der Waals surface area (Å²) < 4.78 is 68.1. The Morgan fingerprint density at radius 2 is 1.56 bits per heavy atom. The molecule has 92 valence electrons. The van der Waals surface area contributed by atoms with Crippen molar-refractivity contribution in [3.8, 4) is 5.75 Å². The van der Waals surface area contributed by atoms with Crippen LogP contribution in [0.25, 0.3) is 0 Å². The lowest BCUT2D eigenvalue weighted by Crippen LogP contribution is -2.17. The first kappa shape index (κ1) is 15.0. The maximum absolute atomic E-state index is 11.7. The van der Waals surface area contributed by atoms with Crippen molar-refractivity contribution in [3.05, 3.63) is 24.3 Å². The minimum Gasteiger partial charge on any atom is -0.406 e. The SMILES string of the molecule is Cl.O=S(=O)(O)c1ccc(OC(F)(F)F)cc1. The standard InChI is InChI=1S/C7H5F3O4S.ClH/c8-7(9,10)14-5-1-3-6(4-2-5)15(11,12)13;/h1-4H,(H,11,12,13);1H. The van der Waals surface area contributed by atoms with Crippen LogP contribution in [0.15, 0.2) is 29.2 Å². The highest BCUT2D eigenvalue weighted by Gasteiger charge is 2.31. The van der Waals surface area contributed by atoms with E-state index in [2.05, 4.69) is 4.74 Å². The van der Waals surface area contributed by atoms with Crippen molar-refractivity contribution in [1.82, 2.24) is 0 Å². The van der Waals surface area contributed by atoms with Crippen LogP contribution in [0.1, 0.15) is 0 Å². The summed E-state index contributed by atoms with van der Waals surface area (Å²) in [5, 5.41) is 0. The van der Waals surface area contributed by atoms with Crippen LogP contribution < -0.4 is 4.74 Å². The highest BCUT2D eigenvalue weighted by molar-refractivity contribution is 7.85. The number of ether oxygens (including phenoxy) is 1. The molecule has 1 N–H and O–H groups in total. The van der Waals surface area contributed by atoms with E-state index in [9.17, 15) is 21.6 Å². The van der Waals surface area contributed by atoms with Gasteiger partial charge in [0.05, 0.1) is 4.90 Å². The van der Waals surface area contributed by atoms with Gasteiger partial charge in [-0.1, -0.05) is 0 Å². The van der Waals surface area contributed by atoms with E-state index in [0.717, 1.165) is 24.3 Å². The molecule has 0 aliphatic heterocycles. The first-order chi connectivity index (χ1) is 6.68. The van der Waals surface area contributed by atoms with E-state index in [4.69, 9.17) is 4.55 Å². The Morgan fingerprint density at radius 3 is 1.88 bits per heavy atom. The van der Waals surface area contributed by atoms with Gasteiger partial charge in [-0.2, -0.15) is 8.42 Å². The van der Waals surface area contributed by atoms with Crippen LogP contribution in [0.3, 0.4) is 0 Å². The Morgan fingerprint density at radius 1 is 1.12 bits per heavy atom. The summed E-state index contributed by atoms with van der Waals surface area (Å²) in [6.07, 6.45) is -4.83. The molecule has 1 aromatic rings. The second-order valence-electron chi connectivity index (χ2n) is 2.49. The predicted molar refractivity (Wildman–Crippen MR) is 50.2 cm³/mol. The number of hydrogen-bond donors (Lipinski definition) is 1. The van der Waals surface area contributed by atoms with Crippen molar-refractivity contribution in [2.75, 3.05) is 0 Å². The second-order valence-corrected chi connectivity index (χ2v) is 3.92. The molecule has 0 aromatic heterocycles. The molecule has 0 radical (unpaired) electrons. The number of alkyl halides is 3. The van der Waals surface area contributed by atoms with Gasteiger partial charge in [-0.3, -0.25) is 4.55 Å². The molecule has 1 rings (SSSR count). The van der Waals surface area contributed by atoms with Gasteiger partial charge >= 0.3 is 6.36 Å². The molecular weight excluding hydrogens is 273 g/mol. The smallest absolute Gasteiger partial charge is 0.406 e. The topological polar surface area (TPSA) is 63.6 Å². The van der Waals surface area contributed by atoms with Crippen molar-refractivity contribution < 1.29 is 30.9 Å². The molecule has 0 saturated heterocycles. The number of rotatable bonds is 2.